The standard InChI is InChI=1S/C19H19NO3/c21-18(22)13-20(11-10-14-6-2-1-3-7-14)19(23)17-12-15-8-4-5-9-16(15)17/h1-9,17H,10-13H2,(H,21,22). The highest BCUT2D eigenvalue weighted by atomic mass is 16.4. The zero-order valence-electron chi connectivity index (χ0n) is 12.8. The number of carbonyl (C=O) groups is 2. The quantitative estimate of drug-likeness (QED) is 0.892. The van der Waals surface area contributed by atoms with E-state index in [9.17, 15) is 9.59 Å². The second-order valence-corrected chi connectivity index (χ2v) is 5.84. The van der Waals surface area contributed by atoms with E-state index < -0.39 is 5.97 Å². The zero-order valence-corrected chi connectivity index (χ0v) is 12.8. The second-order valence-electron chi connectivity index (χ2n) is 5.84. The maximum atomic E-state index is 12.7. The minimum absolute atomic E-state index is 0.0815. The van der Waals surface area contributed by atoms with Gasteiger partial charge in [-0.2, -0.15) is 0 Å². The van der Waals surface area contributed by atoms with Gasteiger partial charge < -0.3 is 10.0 Å². The van der Waals surface area contributed by atoms with Crippen LogP contribution in [0.3, 0.4) is 0 Å². The van der Waals surface area contributed by atoms with Gasteiger partial charge in [-0.15, -0.1) is 0 Å². The fraction of sp³-hybridized carbons (Fsp3) is 0.263. The molecule has 0 saturated heterocycles. The first-order valence-corrected chi connectivity index (χ1v) is 7.77. The summed E-state index contributed by atoms with van der Waals surface area (Å²) in [6, 6.07) is 17.7. The van der Waals surface area contributed by atoms with Gasteiger partial charge in [0, 0.05) is 6.54 Å². The molecule has 0 spiro atoms. The molecule has 0 radical (unpaired) electrons. The molecule has 3 rings (SSSR count). The third kappa shape index (κ3) is 3.42. The predicted molar refractivity (Wildman–Crippen MR) is 87.2 cm³/mol. The molecule has 0 aromatic heterocycles. The van der Waals surface area contributed by atoms with Crippen LogP contribution in [0.1, 0.15) is 22.6 Å². The lowest BCUT2D eigenvalue weighted by atomic mass is 9.77. The van der Waals surface area contributed by atoms with Crippen LogP contribution in [-0.4, -0.2) is 35.0 Å². The SMILES string of the molecule is O=C(O)CN(CCc1ccccc1)C(=O)C1Cc2ccccc21. The highest BCUT2D eigenvalue weighted by Crippen LogP contribution is 2.36. The minimum atomic E-state index is -0.973. The van der Waals surface area contributed by atoms with Crippen molar-refractivity contribution in [2.75, 3.05) is 13.1 Å². The number of amides is 1. The van der Waals surface area contributed by atoms with Gasteiger partial charge in [-0.05, 0) is 29.5 Å². The second kappa shape index (κ2) is 6.65. The average Bonchev–Trinajstić information content (AvgIpc) is 2.53. The van der Waals surface area contributed by atoms with Crippen molar-refractivity contribution in [2.45, 2.75) is 18.8 Å². The smallest absolute Gasteiger partial charge is 0.323 e. The number of carboxylic acids is 1. The van der Waals surface area contributed by atoms with Crippen molar-refractivity contribution in [2.24, 2.45) is 0 Å². The summed E-state index contributed by atoms with van der Waals surface area (Å²) >= 11 is 0. The summed E-state index contributed by atoms with van der Waals surface area (Å²) in [5, 5.41) is 9.10. The van der Waals surface area contributed by atoms with Gasteiger partial charge >= 0.3 is 5.97 Å². The van der Waals surface area contributed by atoms with Crippen LogP contribution in [0.4, 0.5) is 0 Å². The van der Waals surface area contributed by atoms with Crippen LogP contribution in [0.15, 0.2) is 54.6 Å². The average molecular weight is 309 g/mol. The Labute approximate surface area is 135 Å². The predicted octanol–water partition coefficient (Wildman–Crippen LogP) is 2.48. The van der Waals surface area contributed by atoms with E-state index in [0.717, 1.165) is 11.1 Å². The van der Waals surface area contributed by atoms with E-state index in [-0.39, 0.29) is 18.4 Å². The van der Waals surface area contributed by atoms with Crippen LogP contribution >= 0.6 is 0 Å². The molecule has 4 heteroatoms. The van der Waals surface area contributed by atoms with Crippen molar-refractivity contribution in [3.63, 3.8) is 0 Å². The van der Waals surface area contributed by atoms with Crippen molar-refractivity contribution in [3.8, 4) is 0 Å². The van der Waals surface area contributed by atoms with Crippen molar-refractivity contribution in [3.05, 3.63) is 71.3 Å². The summed E-state index contributed by atoms with van der Waals surface area (Å²) in [4.78, 5) is 25.3. The number of hydrogen-bond acceptors (Lipinski definition) is 2. The summed E-state index contributed by atoms with van der Waals surface area (Å²) in [5.74, 6) is -1.25. The first-order chi connectivity index (χ1) is 11.1. The fourth-order valence-corrected chi connectivity index (χ4v) is 3.04. The Morgan fingerprint density at radius 2 is 1.74 bits per heavy atom. The Bertz CT molecular complexity index is 712. The highest BCUT2D eigenvalue weighted by Gasteiger charge is 2.35. The number of carbonyl (C=O) groups excluding carboxylic acids is 1. The number of aliphatic carboxylic acids is 1. The summed E-state index contributed by atoms with van der Waals surface area (Å²) in [6.45, 7) is 0.179. The zero-order chi connectivity index (χ0) is 16.2. The van der Waals surface area contributed by atoms with Gasteiger partial charge in [0.15, 0.2) is 0 Å². The molecule has 0 saturated carbocycles. The summed E-state index contributed by atoms with van der Waals surface area (Å²) in [5.41, 5.74) is 3.32. The molecular formula is C19H19NO3. The van der Waals surface area contributed by atoms with E-state index in [4.69, 9.17) is 5.11 Å². The van der Waals surface area contributed by atoms with Gasteiger partial charge in [0.05, 0.1) is 5.92 Å². The molecule has 2 aromatic carbocycles. The molecule has 0 heterocycles. The van der Waals surface area contributed by atoms with E-state index in [1.165, 1.54) is 10.5 Å². The molecule has 4 nitrogen and oxygen atoms in total. The van der Waals surface area contributed by atoms with Crippen molar-refractivity contribution in [1.29, 1.82) is 0 Å². The number of benzene rings is 2. The Kier molecular flexibility index (Phi) is 4.42. The summed E-state index contributed by atoms with van der Waals surface area (Å²) in [7, 11) is 0. The van der Waals surface area contributed by atoms with Crippen molar-refractivity contribution >= 4 is 11.9 Å². The van der Waals surface area contributed by atoms with E-state index in [0.29, 0.717) is 19.4 Å². The number of carboxylic acid groups (broad SMARTS) is 1. The van der Waals surface area contributed by atoms with E-state index >= 15 is 0 Å². The van der Waals surface area contributed by atoms with Crippen molar-refractivity contribution < 1.29 is 14.7 Å². The largest absolute Gasteiger partial charge is 0.480 e. The van der Waals surface area contributed by atoms with Gasteiger partial charge in [-0.25, -0.2) is 0 Å². The normalized spacial score (nSPS) is 15.4. The van der Waals surface area contributed by atoms with Crippen LogP contribution in [0.25, 0.3) is 0 Å². The number of hydrogen-bond donors (Lipinski definition) is 1. The van der Waals surface area contributed by atoms with Crippen LogP contribution in [0.5, 0.6) is 0 Å². The topological polar surface area (TPSA) is 57.6 Å². The molecule has 1 amide bonds. The number of rotatable bonds is 6. The van der Waals surface area contributed by atoms with Gasteiger partial charge in [0.1, 0.15) is 6.54 Å². The molecule has 1 N–H and O–H groups in total. The monoisotopic (exact) mass is 309 g/mol. The van der Waals surface area contributed by atoms with Crippen LogP contribution < -0.4 is 0 Å². The molecule has 1 aliphatic rings. The van der Waals surface area contributed by atoms with E-state index in [2.05, 4.69) is 0 Å². The van der Waals surface area contributed by atoms with Crippen LogP contribution in [0, 0.1) is 0 Å². The molecule has 0 aliphatic heterocycles. The molecule has 1 unspecified atom stereocenters. The highest BCUT2D eigenvalue weighted by molar-refractivity contribution is 5.89. The van der Waals surface area contributed by atoms with Gasteiger partial charge in [-0.3, -0.25) is 9.59 Å². The lowest BCUT2D eigenvalue weighted by Gasteiger charge is -2.33. The fourth-order valence-electron chi connectivity index (χ4n) is 3.04. The Hall–Kier alpha value is -2.62. The molecule has 0 fully saturated rings. The first-order valence-electron chi connectivity index (χ1n) is 7.77. The third-order valence-electron chi connectivity index (χ3n) is 4.30. The summed E-state index contributed by atoms with van der Waals surface area (Å²) < 4.78 is 0. The Morgan fingerprint density at radius 3 is 2.43 bits per heavy atom. The summed E-state index contributed by atoms with van der Waals surface area (Å²) in [6.07, 6.45) is 1.37. The first kappa shape index (κ1) is 15.3. The van der Waals surface area contributed by atoms with Gasteiger partial charge in [0.25, 0.3) is 0 Å². The van der Waals surface area contributed by atoms with Gasteiger partial charge in [0.2, 0.25) is 5.91 Å². The molecule has 118 valence electrons. The lowest BCUT2D eigenvalue weighted by molar-refractivity contribution is -0.145. The number of nitrogens with zero attached hydrogens (tertiary/aromatic N) is 1. The molecule has 2 aromatic rings. The maximum absolute atomic E-state index is 12.7. The Morgan fingerprint density at radius 1 is 1.04 bits per heavy atom. The maximum Gasteiger partial charge on any atom is 0.323 e. The lowest BCUT2D eigenvalue weighted by Crippen LogP contribution is -2.43. The number of fused-ring (bicyclic) bond motifs is 1. The van der Waals surface area contributed by atoms with Crippen LogP contribution in [0.2, 0.25) is 0 Å². The van der Waals surface area contributed by atoms with E-state index in [1.54, 1.807) is 0 Å². The molecule has 23 heavy (non-hydrogen) atoms. The third-order valence-corrected chi connectivity index (χ3v) is 4.30. The Balaban J connectivity index is 1.69. The minimum Gasteiger partial charge on any atom is -0.480 e. The molecular weight excluding hydrogens is 290 g/mol. The molecule has 1 aliphatic carbocycles. The molecule has 1 atom stereocenters. The van der Waals surface area contributed by atoms with Crippen LogP contribution in [-0.2, 0) is 22.4 Å². The van der Waals surface area contributed by atoms with Gasteiger partial charge in [-0.1, -0.05) is 54.6 Å². The molecule has 0 bridgehead atoms. The van der Waals surface area contributed by atoms with E-state index in [1.807, 2.05) is 54.6 Å². The van der Waals surface area contributed by atoms with Crippen molar-refractivity contribution in [1.82, 2.24) is 4.90 Å².